The molecule has 1 rings (SSSR count). The summed E-state index contributed by atoms with van der Waals surface area (Å²) in [5.41, 5.74) is 7.48. The van der Waals surface area contributed by atoms with Crippen LogP contribution in [0.4, 0.5) is 4.39 Å². The van der Waals surface area contributed by atoms with E-state index in [-0.39, 0.29) is 5.54 Å². The van der Waals surface area contributed by atoms with Crippen molar-refractivity contribution in [3.8, 4) is 0 Å². The maximum atomic E-state index is 12.4. The van der Waals surface area contributed by atoms with E-state index in [1.807, 2.05) is 26.0 Å². The summed E-state index contributed by atoms with van der Waals surface area (Å²) < 4.78 is 13.2. The van der Waals surface area contributed by atoms with Crippen LogP contribution >= 0.6 is 15.9 Å². The molecule has 0 aliphatic carbocycles. The number of alkyl halides is 1. The van der Waals surface area contributed by atoms with E-state index in [1.165, 1.54) is 0 Å². The first kappa shape index (κ1) is 11.7. The van der Waals surface area contributed by atoms with Gasteiger partial charge in [0.25, 0.3) is 0 Å². The molecule has 1 nitrogen and oxygen atoms in total. The van der Waals surface area contributed by atoms with Gasteiger partial charge in [0.1, 0.15) is 6.67 Å². The molecule has 0 atom stereocenters. The predicted molar refractivity (Wildman–Crippen MR) is 60.9 cm³/mol. The maximum Gasteiger partial charge on any atom is 0.116 e. The minimum Gasteiger partial charge on any atom is -0.325 e. The third-order valence-electron chi connectivity index (χ3n) is 1.92. The van der Waals surface area contributed by atoms with Crippen LogP contribution in [-0.2, 0) is 13.1 Å². The van der Waals surface area contributed by atoms with Crippen LogP contribution in [0.2, 0.25) is 0 Å². The van der Waals surface area contributed by atoms with E-state index in [0.29, 0.717) is 5.56 Å². The Hall–Kier alpha value is -0.410. The van der Waals surface area contributed by atoms with Crippen LogP contribution in [0.15, 0.2) is 22.7 Å². The fourth-order valence-electron chi connectivity index (χ4n) is 1.34. The number of hydrogen-bond acceptors (Lipinski definition) is 1. The molecule has 0 aliphatic heterocycles. The van der Waals surface area contributed by atoms with Gasteiger partial charge in [-0.05, 0) is 37.5 Å². The lowest BCUT2D eigenvalue weighted by molar-refractivity contribution is 0.483. The molecule has 14 heavy (non-hydrogen) atoms. The first-order valence-corrected chi connectivity index (χ1v) is 5.34. The first-order valence-electron chi connectivity index (χ1n) is 4.54. The van der Waals surface area contributed by atoms with Crippen LogP contribution in [0.3, 0.4) is 0 Å². The summed E-state index contributed by atoms with van der Waals surface area (Å²) in [5, 5.41) is 0. The molecule has 0 saturated heterocycles. The average Bonchev–Trinajstić information content (AvgIpc) is 2.01. The molecule has 3 heteroatoms. The molecule has 0 aliphatic rings. The number of hydrogen-bond donors (Lipinski definition) is 1. The molecule has 78 valence electrons. The molecule has 0 bridgehead atoms. The second kappa shape index (κ2) is 4.41. The normalized spacial score (nSPS) is 11.8. The third-order valence-corrected chi connectivity index (χ3v) is 2.66. The highest BCUT2D eigenvalue weighted by Crippen LogP contribution is 2.21. The van der Waals surface area contributed by atoms with Crippen molar-refractivity contribution >= 4 is 15.9 Å². The molecule has 0 aromatic heterocycles. The minimum absolute atomic E-state index is 0.226. The number of nitrogens with two attached hydrogens (primary N) is 1. The summed E-state index contributed by atoms with van der Waals surface area (Å²) in [7, 11) is 0. The third kappa shape index (κ3) is 3.39. The lowest BCUT2D eigenvalue weighted by atomic mass is 9.96. The molecule has 0 radical (unpaired) electrons. The van der Waals surface area contributed by atoms with E-state index in [0.717, 1.165) is 16.5 Å². The summed E-state index contributed by atoms with van der Waals surface area (Å²) in [6.45, 7) is 3.51. The predicted octanol–water partition coefficient (Wildman–Crippen LogP) is 3.20. The molecule has 0 fully saturated rings. The molecular weight excluding hydrogens is 245 g/mol. The van der Waals surface area contributed by atoms with Gasteiger partial charge in [0, 0.05) is 10.0 Å². The van der Waals surface area contributed by atoms with Crippen LogP contribution in [0.5, 0.6) is 0 Å². The van der Waals surface area contributed by atoms with Crippen LogP contribution in [0.25, 0.3) is 0 Å². The van der Waals surface area contributed by atoms with Gasteiger partial charge in [0.15, 0.2) is 0 Å². The van der Waals surface area contributed by atoms with Crippen LogP contribution < -0.4 is 5.73 Å². The average molecular weight is 260 g/mol. The molecule has 2 N–H and O–H groups in total. The summed E-state index contributed by atoms with van der Waals surface area (Å²) in [4.78, 5) is 0. The zero-order chi connectivity index (χ0) is 10.8. The number of halogens is 2. The van der Waals surface area contributed by atoms with Gasteiger partial charge in [-0.1, -0.05) is 28.1 Å². The van der Waals surface area contributed by atoms with Gasteiger partial charge in [0.2, 0.25) is 0 Å². The summed E-state index contributed by atoms with van der Waals surface area (Å²) in [6.07, 6.45) is 0.790. The Bertz CT molecular complexity index is 318. The van der Waals surface area contributed by atoms with Gasteiger partial charge in [0.05, 0.1) is 0 Å². The van der Waals surface area contributed by atoms with Gasteiger partial charge in [-0.2, -0.15) is 0 Å². The Morgan fingerprint density at radius 2 is 2.07 bits per heavy atom. The molecule has 0 spiro atoms. The van der Waals surface area contributed by atoms with Crippen molar-refractivity contribution in [1.82, 2.24) is 0 Å². The Morgan fingerprint density at radius 1 is 1.43 bits per heavy atom. The summed E-state index contributed by atoms with van der Waals surface area (Å²) in [5.74, 6) is 0. The molecule has 0 unspecified atom stereocenters. The highest BCUT2D eigenvalue weighted by atomic mass is 79.9. The minimum atomic E-state index is -0.438. The van der Waals surface area contributed by atoms with E-state index in [9.17, 15) is 4.39 Å². The Balaban J connectivity index is 2.87. The molecule has 1 aromatic carbocycles. The van der Waals surface area contributed by atoms with E-state index in [4.69, 9.17) is 5.73 Å². The Morgan fingerprint density at radius 3 is 2.50 bits per heavy atom. The first-order chi connectivity index (χ1) is 6.42. The fourth-order valence-corrected chi connectivity index (χ4v) is 1.87. The number of benzene rings is 1. The lowest BCUT2D eigenvalue weighted by Gasteiger charge is -2.18. The van der Waals surface area contributed by atoms with Gasteiger partial charge in [-0.3, -0.25) is 0 Å². The molecule has 0 saturated carbocycles. The van der Waals surface area contributed by atoms with Crippen molar-refractivity contribution in [2.45, 2.75) is 32.5 Å². The quantitative estimate of drug-likeness (QED) is 0.887. The second-order valence-corrected chi connectivity index (χ2v) is 5.08. The van der Waals surface area contributed by atoms with Gasteiger partial charge < -0.3 is 5.73 Å². The van der Waals surface area contributed by atoms with Crippen molar-refractivity contribution in [1.29, 1.82) is 0 Å². The zero-order valence-electron chi connectivity index (χ0n) is 8.48. The van der Waals surface area contributed by atoms with E-state index in [1.54, 1.807) is 6.07 Å². The summed E-state index contributed by atoms with van der Waals surface area (Å²) >= 11 is 3.33. The lowest BCUT2D eigenvalue weighted by Crippen LogP contribution is -2.34. The van der Waals surface area contributed by atoms with Crippen LogP contribution in [0.1, 0.15) is 25.0 Å². The van der Waals surface area contributed by atoms with Crippen molar-refractivity contribution in [3.63, 3.8) is 0 Å². The highest BCUT2D eigenvalue weighted by Gasteiger charge is 2.12. The zero-order valence-corrected chi connectivity index (χ0v) is 10.1. The maximum absolute atomic E-state index is 12.4. The smallest absolute Gasteiger partial charge is 0.116 e. The second-order valence-electron chi connectivity index (χ2n) is 4.22. The van der Waals surface area contributed by atoms with Crippen molar-refractivity contribution in [2.75, 3.05) is 0 Å². The van der Waals surface area contributed by atoms with Crippen LogP contribution in [-0.4, -0.2) is 5.54 Å². The SMILES string of the molecule is CC(C)(N)Cc1ccc(CF)c(Br)c1. The highest BCUT2D eigenvalue weighted by molar-refractivity contribution is 9.10. The number of rotatable bonds is 3. The van der Waals surface area contributed by atoms with Gasteiger partial charge in [-0.15, -0.1) is 0 Å². The molecule has 0 heterocycles. The molecular formula is C11H15BrFN. The molecule has 1 aromatic rings. The monoisotopic (exact) mass is 259 g/mol. The van der Waals surface area contributed by atoms with E-state index >= 15 is 0 Å². The summed E-state index contributed by atoms with van der Waals surface area (Å²) in [6, 6.07) is 5.66. The topological polar surface area (TPSA) is 26.0 Å². The van der Waals surface area contributed by atoms with Gasteiger partial charge in [-0.25, -0.2) is 4.39 Å². The largest absolute Gasteiger partial charge is 0.325 e. The van der Waals surface area contributed by atoms with Crippen molar-refractivity contribution in [3.05, 3.63) is 33.8 Å². The van der Waals surface area contributed by atoms with Crippen molar-refractivity contribution in [2.24, 2.45) is 5.73 Å². The van der Waals surface area contributed by atoms with E-state index in [2.05, 4.69) is 15.9 Å². The van der Waals surface area contributed by atoms with Gasteiger partial charge >= 0.3 is 0 Å². The van der Waals surface area contributed by atoms with Crippen LogP contribution in [0, 0.1) is 0 Å². The fraction of sp³-hybridized carbons (Fsp3) is 0.455. The van der Waals surface area contributed by atoms with Crippen molar-refractivity contribution < 1.29 is 4.39 Å². The Kier molecular flexibility index (Phi) is 3.67. The standard InChI is InChI=1S/C11H15BrFN/c1-11(2,14)6-8-3-4-9(7-13)10(12)5-8/h3-5H,6-7,14H2,1-2H3. The van der Waals surface area contributed by atoms with E-state index < -0.39 is 6.67 Å². The molecule has 0 amide bonds. The Labute approximate surface area is 92.6 Å².